The second kappa shape index (κ2) is 1510000. The Kier molecular flexibility index (Phi) is 6020000. The molecule has 0 amide bonds. The first-order valence-corrected chi connectivity index (χ1v) is 0.866. The zero-order chi connectivity index (χ0) is 6.00. The molecule has 0 fully saturated rings. The van der Waals surface area contributed by atoms with Crippen LogP contribution in [-0.2, 0) is 14.4 Å². The van der Waals surface area contributed by atoms with E-state index in [1.165, 1.54) is 0 Å². The van der Waals surface area contributed by atoms with E-state index in [9.17, 15) is 0 Å². The van der Waals surface area contributed by atoms with Crippen LogP contribution < -0.4 is 29.6 Å². The van der Waals surface area contributed by atoms with E-state index < -0.39 is 0 Å². The van der Waals surface area contributed by atoms with Gasteiger partial charge in [-0.2, -0.15) is 0 Å². The van der Waals surface area contributed by atoms with Gasteiger partial charge in [0.05, 0.1) is 0 Å². The summed E-state index contributed by atoms with van der Waals surface area (Å²) in [5.41, 5.74) is 0. The van der Waals surface area contributed by atoms with Crippen molar-refractivity contribution in [2.75, 3.05) is 0 Å². The Hall–Kier alpha value is 0.0100. The quantitative estimate of drug-likeness (QED) is 0.308. The summed E-state index contributed by atoms with van der Waals surface area (Å²) in [4.78, 5) is 24.0. The van der Waals surface area contributed by atoms with Crippen LogP contribution in [0.4, 0.5) is 0 Å². The van der Waals surface area contributed by atoms with Crippen molar-refractivity contribution >= 4 is 20.4 Å². The van der Waals surface area contributed by atoms with Crippen molar-refractivity contribution in [2.24, 2.45) is 0 Å². The molecule has 0 saturated heterocycles. The van der Waals surface area contributed by atoms with Crippen molar-refractivity contribution in [3.05, 3.63) is 0 Å². The van der Waals surface area contributed by atoms with E-state index in [4.69, 9.17) is 14.4 Å². The smallest absolute Gasteiger partial charge is 1.00 e. The average Bonchev–Trinajstić information content (AvgIpc) is 1.81. The van der Waals surface area contributed by atoms with E-state index in [1.54, 1.807) is 0 Å². The fourth-order valence-corrected chi connectivity index (χ4v) is 0. The molecule has 0 aromatic rings. The maximum atomic E-state index is 8.00. The van der Waals surface area contributed by atoms with Gasteiger partial charge in [-0.25, -0.2) is 0 Å². The third-order valence-electron chi connectivity index (χ3n) is 0. The zero-order valence-corrected chi connectivity index (χ0v) is 6.35. The third kappa shape index (κ3) is 966000. The van der Waals surface area contributed by atoms with Crippen molar-refractivity contribution in [2.45, 2.75) is 0 Å². The normalized spacial score (nSPS) is 1.71. The van der Waals surface area contributed by atoms with Crippen molar-refractivity contribution in [3.8, 4) is 0 Å². The predicted molar refractivity (Wildman–Crippen MR) is 22.5 cm³/mol. The molecule has 0 aliphatic rings. The number of rotatable bonds is 0. The Labute approximate surface area is 65.9 Å². The van der Waals surface area contributed by atoms with E-state index >= 15 is 0 Å². The average molecular weight is 114 g/mol. The van der Waals surface area contributed by atoms with Crippen LogP contribution in [0.5, 0.6) is 0 Å². The number of carbonyl (C=O) groups excluding carboxylic acids is 3. The molecular weight excluding hydrogens is 107 g/mol. The van der Waals surface area contributed by atoms with Gasteiger partial charge in [0.15, 0.2) is 0 Å². The van der Waals surface area contributed by atoms with Crippen molar-refractivity contribution in [1.29, 1.82) is 0 Å². The largest absolute Gasteiger partial charge is 1.00 e. The van der Waals surface area contributed by atoms with Gasteiger partial charge < -0.3 is 15.8 Å². The minimum Gasteiger partial charge on any atom is -1.00 e. The van der Waals surface area contributed by atoms with E-state index in [-0.39, 0.29) is 31.0 Å². The summed E-state index contributed by atoms with van der Waals surface area (Å²) in [6.45, 7) is 6.00. The first-order chi connectivity index (χ1) is 3.00. The molecule has 38 valence electrons. The molecule has 0 radical (unpaired) electrons. The molecule has 4 heteroatoms. The van der Waals surface area contributed by atoms with E-state index in [1.807, 2.05) is 20.4 Å². The summed E-state index contributed by atoms with van der Waals surface area (Å²) in [7, 11) is 0. The van der Waals surface area contributed by atoms with E-state index in [0.29, 0.717) is 0 Å². The molecule has 7 heavy (non-hydrogen) atoms. The standard InChI is InChI=1S/3CH2O.Na.H/c3*1-2;;/h3*1H2;;/q;;;+1;-1. The Balaban J connectivity index is -0.00000000500. The SMILES string of the molecule is C=O.C=O.C=O.[H-].[Na+]. The summed E-state index contributed by atoms with van der Waals surface area (Å²) in [6.07, 6.45) is 0. The molecule has 0 rings (SSSR count). The zero-order valence-electron chi connectivity index (χ0n) is 5.35. The summed E-state index contributed by atoms with van der Waals surface area (Å²) in [5, 5.41) is 0. The Morgan fingerprint density at radius 1 is 0.714 bits per heavy atom. The number of hydrogen-bond donors (Lipinski definition) is 0. The van der Waals surface area contributed by atoms with Crippen molar-refractivity contribution in [3.63, 3.8) is 0 Å². The van der Waals surface area contributed by atoms with Crippen LogP contribution >= 0.6 is 0 Å². The van der Waals surface area contributed by atoms with Crippen LogP contribution in [0, 0.1) is 0 Å². The molecule has 0 aliphatic carbocycles. The summed E-state index contributed by atoms with van der Waals surface area (Å²) in [6, 6.07) is 0. The minimum absolute atomic E-state index is 0. The first-order valence-electron chi connectivity index (χ1n) is 0.866. The molecule has 0 N–H and O–H groups in total. The Morgan fingerprint density at radius 2 is 0.714 bits per heavy atom. The van der Waals surface area contributed by atoms with Gasteiger partial charge in [-0.05, 0) is 0 Å². The molecule has 3 nitrogen and oxygen atoms in total. The molecule has 0 aromatic heterocycles. The van der Waals surface area contributed by atoms with Gasteiger partial charge in [0.2, 0.25) is 0 Å². The second-order valence-corrected chi connectivity index (χ2v) is 0. The molecule has 0 aromatic carbocycles. The van der Waals surface area contributed by atoms with Gasteiger partial charge in [0.25, 0.3) is 0 Å². The molecule has 0 saturated carbocycles. The number of carbonyl (C=O) groups is 3. The van der Waals surface area contributed by atoms with Gasteiger partial charge in [-0.15, -0.1) is 0 Å². The van der Waals surface area contributed by atoms with Gasteiger partial charge >= 0.3 is 29.6 Å². The molecule has 0 atom stereocenters. The van der Waals surface area contributed by atoms with Gasteiger partial charge in [-0.1, -0.05) is 0 Å². The molecule has 0 heterocycles. The molecule has 0 unspecified atom stereocenters. The van der Waals surface area contributed by atoms with Crippen molar-refractivity contribution < 1.29 is 45.4 Å². The molecule has 0 spiro atoms. The molecule has 0 bridgehead atoms. The molecule has 0 aliphatic heterocycles. The van der Waals surface area contributed by atoms with Gasteiger partial charge in [0, 0.05) is 0 Å². The van der Waals surface area contributed by atoms with Crippen LogP contribution in [0.3, 0.4) is 0 Å². The van der Waals surface area contributed by atoms with Gasteiger partial charge in [-0.3, -0.25) is 0 Å². The fourth-order valence-electron chi connectivity index (χ4n) is 0. The second-order valence-electron chi connectivity index (χ2n) is 0. The van der Waals surface area contributed by atoms with Crippen LogP contribution in [0.1, 0.15) is 1.43 Å². The molecular formula is C3H7NaO3. The predicted octanol–water partition coefficient (Wildman–Crippen LogP) is -3.44. The van der Waals surface area contributed by atoms with E-state index in [2.05, 4.69) is 0 Å². The third-order valence-corrected chi connectivity index (χ3v) is 0. The Morgan fingerprint density at radius 3 is 0.714 bits per heavy atom. The van der Waals surface area contributed by atoms with Crippen LogP contribution in [0.2, 0.25) is 0 Å². The van der Waals surface area contributed by atoms with Crippen LogP contribution in [0.25, 0.3) is 0 Å². The number of hydrogen-bond acceptors (Lipinski definition) is 3. The Bertz CT molecular complexity index is 19.2. The van der Waals surface area contributed by atoms with Crippen LogP contribution in [-0.4, -0.2) is 20.4 Å². The minimum atomic E-state index is 0. The summed E-state index contributed by atoms with van der Waals surface area (Å²) < 4.78 is 0. The van der Waals surface area contributed by atoms with Crippen LogP contribution in [0.15, 0.2) is 0 Å². The fraction of sp³-hybridized carbons (Fsp3) is 0. The van der Waals surface area contributed by atoms with E-state index in [0.717, 1.165) is 0 Å². The first kappa shape index (κ1) is 27.9. The summed E-state index contributed by atoms with van der Waals surface area (Å²) >= 11 is 0. The topological polar surface area (TPSA) is 51.2 Å². The summed E-state index contributed by atoms with van der Waals surface area (Å²) in [5.74, 6) is 0. The maximum Gasteiger partial charge on any atom is 1.00 e. The van der Waals surface area contributed by atoms with Crippen molar-refractivity contribution in [1.82, 2.24) is 0 Å². The maximum absolute atomic E-state index is 8.00. The van der Waals surface area contributed by atoms with Gasteiger partial charge in [0.1, 0.15) is 20.4 Å². The monoisotopic (exact) mass is 114 g/mol.